The molecule has 1 rings (SSSR count). The summed E-state index contributed by atoms with van der Waals surface area (Å²) in [5, 5.41) is 12.7. The number of aliphatic carboxylic acids is 1. The van der Waals surface area contributed by atoms with Crippen molar-refractivity contribution in [1.82, 2.24) is 9.78 Å². The fraction of sp³-hybridized carbons (Fsp3) is 0.417. The molecule has 17 heavy (non-hydrogen) atoms. The monoisotopic (exact) mass is 236 g/mol. The van der Waals surface area contributed by atoms with Gasteiger partial charge in [-0.15, -0.1) is 0 Å². The Morgan fingerprint density at radius 1 is 1.47 bits per heavy atom. The smallest absolute Gasteiger partial charge is 0.328 e. The van der Waals surface area contributed by atoms with E-state index in [9.17, 15) is 9.59 Å². The second-order valence-corrected chi connectivity index (χ2v) is 4.84. The van der Waals surface area contributed by atoms with Crippen molar-refractivity contribution in [1.29, 1.82) is 0 Å². The molecule has 0 spiro atoms. The predicted octanol–water partition coefficient (Wildman–Crippen LogP) is 1.18. The average Bonchev–Trinajstić information content (AvgIpc) is 2.18. The van der Waals surface area contributed by atoms with Gasteiger partial charge in [-0.3, -0.25) is 4.79 Å². The zero-order valence-corrected chi connectivity index (χ0v) is 10.4. The number of carboxylic acid groups (broad SMARTS) is 1. The van der Waals surface area contributed by atoms with E-state index in [0.29, 0.717) is 5.56 Å². The van der Waals surface area contributed by atoms with E-state index in [0.717, 1.165) is 11.8 Å². The van der Waals surface area contributed by atoms with Gasteiger partial charge in [-0.05, 0) is 12.1 Å². The van der Waals surface area contributed by atoms with E-state index in [4.69, 9.17) is 5.11 Å². The summed E-state index contributed by atoms with van der Waals surface area (Å²) in [6, 6.07) is 1.63. The summed E-state index contributed by atoms with van der Waals surface area (Å²) in [5.41, 5.74) is 0.562. The zero-order chi connectivity index (χ0) is 13.2. The molecule has 0 radical (unpaired) electrons. The maximum atomic E-state index is 11.7. The second-order valence-electron chi connectivity index (χ2n) is 4.84. The Morgan fingerprint density at radius 2 is 2.06 bits per heavy atom. The van der Waals surface area contributed by atoms with Crippen molar-refractivity contribution in [2.75, 3.05) is 0 Å². The Hall–Kier alpha value is -1.91. The first kappa shape index (κ1) is 13.2. The number of aryl methyl sites for hydroxylation is 1. The highest BCUT2D eigenvalue weighted by molar-refractivity contribution is 5.85. The summed E-state index contributed by atoms with van der Waals surface area (Å²) in [5.74, 6) is -1.08. The van der Waals surface area contributed by atoms with Crippen molar-refractivity contribution in [3.8, 4) is 0 Å². The molecule has 0 aromatic carbocycles. The van der Waals surface area contributed by atoms with Gasteiger partial charge in [0.15, 0.2) is 0 Å². The molecule has 0 fully saturated rings. The molecule has 0 saturated carbocycles. The van der Waals surface area contributed by atoms with Crippen LogP contribution < -0.4 is 5.56 Å². The molecule has 1 N–H and O–H groups in total. The van der Waals surface area contributed by atoms with Crippen LogP contribution in [0.15, 0.2) is 16.9 Å². The van der Waals surface area contributed by atoms with Crippen LogP contribution in [0.25, 0.3) is 6.08 Å². The summed E-state index contributed by atoms with van der Waals surface area (Å²) in [6.07, 6.45) is 2.24. The number of hydrogen-bond acceptors (Lipinski definition) is 3. The molecule has 0 amide bonds. The second kappa shape index (κ2) is 4.53. The van der Waals surface area contributed by atoms with Crippen molar-refractivity contribution in [3.05, 3.63) is 33.8 Å². The normalized spacial score (nSPS) is 12.0. The van der Waals surface area contributed by atoms with Crippen LogP contribution in [0, 0.1) is 0 Å². The summed E-state index contributed by atoms with van der Waals surface area (Å²) < 4.78 is 1.22. The highest BCUT2D eigenvalue weighted by Crippen LogP contribution is 2.19. The van der Waals surface area contributed by atoms with E-state index < -0.39 is 5.97 Å². The Labute approximate surface area is 99.4 Å². The van der Waals surface area contributed by atoms with Crippen LogP contribution in [0.5, 0.6) is 0 Å². The molecule has 0 bridgehead atoms. The van der Waals surface area contributed by atoms with Crippen LogP contribution >= 0.6 is 0 Å². The van der Waals surface area contributed by atoms with E-state index in [1.54, 1.807) is 13.1 Å². The largest absolute Gasteiger partial charge is 0.478 e. The number of carboxylic acids is 1. The standard InChI is InChI=1S/C12H16N2O3/c1-12(2,3)9-7-8(5-6-10(15)16)11(17)14(4)13-9/h5-7H,1-4H3,(H,15,16)/b6-5+. The molecule has 1 aromatic rings. The predicted molar refractivity (Wildman–Crippen MR) is 64.8 cm³/mol. The van der Waals surface area contributed by atoms with Gasteiger partial charge in [-0.2, -0.15) is 5.10 Å². The summed E-state index contributed by atoms with van der Waals surface area (Å²) in [6.45, 7) is 5.93. The molecule has 0 atom stereocenters. The Balaban J connectivity index is 3.36. The van der Waals surface area contributed by atoms with Gasteiger partial charge < -0.3 is 5.11 Å². The first-order valence-electron chi connectivity index (χ1n) is 5.21. The lowest BCUT2D eigenvalue weighted by Crippen LogP contribution is -2.27. The molecule has 1 aromatic heterocycles. The third-order valence-corrected chi connectivity index (χ3v) is 2.26. The lowest BCUT2D eigenvalue weighted by atomic mass is 9.91. The number of aromatic nitrogens is 2. The molecule has 0 aliphatic rings. The molecule has 0 aliphatic carbocycles. The molecule has 92 valence electrons. The van der Waals surface area contributed by atoms with Gasteiger partial charge in [0.05, 0.1) is 5.69 Å². The Bertz CT molecular complexity index is 522. The van der Waals surface area contributed by atoms with Crippen molar-refractivity contribution in [2.24, 2.45) is 7.05 Å². The number of carbonyl (C=O) groups is 1. The molecule has 0 aliphatic heterocycles. The molecule has 0 unspecified atom stereocenters. The van der Waals surface area contributed by atoms with Gasteiger partial charge in [0, 0.05) is 24.1 Å². The first-order valence-corrected chi connectivity index (χ1v) is 5.21. The van der Waals surface area contributed by atoms with E-state index >= 15 is 0 Å². The number of hydrogen-bond donors (Lipinski definition) is 1. The van der Waals surface area contributed by atoms with E-state index in [1.807, 2.05) is 20.8 Å². The van der Waals surface area contributed by atoms with E-state index in [1.165, 1.54) is 10.8 Å². The lowest BCUT2D eigenvalue weighted by molar-refractivity contribution is -0.131. The molecule has 1 heterocycles. The topological polar surface area (TPSA) is 72.2 Å². The fourth-order valence-electron chi connectivity index (χ4n) is 1.28. The van der Waals surface area contributed by atoms with Crippen molar-refractivity contribution in [2.45, 2.75) is 26.2 Å². The molecular formula is C12H16N2O3. The third kappa shape index (κ3) is 3.27. The maximum absolute atomic E-state index is 11.7. The van der Waals surface area contributed by atoms with E-state index in [2.05, 4.69) is 5.10 Å². The van der Waals surface area contributed by atoms with E-state index in [-0.39, 0.29) is 11.0 Å². The lowest BCUT2D eigenvalue weighted by Gasteiger charge is -2.18. The van der Waals surface area contributed by atoms with Gasteiger partial charge >= 0.3 is 5.97 Å². The highest BCUT2D eigenvalue weighted by Gasteiger charge is 2.17. The Morgan fingerprint density at radius 3 is 2.53 bits per heavy atom. The van der Waals surface area contributed by atoms with Crippen molar-refractivity contribution >= 4 is 12.0 Å². The average molecular weight is 236 g/mol. The minimum absolute atomic E-state index is 0.197. The third-order valence-electron chi connectivity index (χ3n) is 2.26. The highest BCUT2D eigenvalue weighted by atomic mass is 16.4. The zero-order valence-electron chi connectivity index (χ0n) is 10.4. The number of nitrogens with zero attached hydrogens (tertiary/aromatic N) is 2. The minimum atomic E-state index is -1.08. The van der Waals surface area contributed by atoms with Gasteiger partial charge in [0.2, 0.25) is 0 Å². The van der Waals surface area contributed by atoms with Crippen LogP contribution in [0.1, 0.15) is 32.0 Å². The Kier molecular flexibility index (Phi) is 3.50. The van der Waals surface area contributed by atoms with Gasteiger partial charge in [-0.25, -0.2) is 9.48 Å². The van der Waals surface area contributed by atoms with Gasteiger partial charge in [0.25, 0.3) is 5.56 Å². The van der Waals surface area contributed by atoms with Crippen LogP contribution in [0.2, 0.25) is 0 Å². The fourth-order valence-corrected chi connectivity index (χ4v) is 1.28. The molecule has 5 nitrogen and oxygen atoms in total. The molecule has 0 saturated heterocycles. The summed E-state index contributed by atoms with van der Waals surface area (Å²) >= 11 is 0. The maximum Gasteiger partial charge on any atom is 0.328 e. The van der Waals surface area contributed by atoms with Gasteiger partial charge in [-0.1, -0.05) is 20.8 Å². The van der Waals surface area contributed by atoms with Crippen LogP contribution in [0.3, 0.4) is 0 Å². The van der Waals surface area contributed by atoms with Crippen LogP contribution in [-0.4, -0.2) is 20.9 Å². The number of rotatable bonds is 2. The molecule has 5 heteroatoms. The van der Waals surface area contributed by atoms with Crippen molar-refractivity contribution < 1.29 is 9.90 Å². The quantitative estimate of drug-likeness (QED) is 0.782. The van der Waals surface area contributed by atoms with Crippen molar-refractivity contribution in [3.63, 3.8) is 0 Å². The van der Waals surface area contributed by atoms with Gasteiger partial charge in [0.1, 0.15) is 0 Å². The first-order chi connectivity index (χ1) is 7.71. The van der Waals surface area contributed by atoms with Crippen LogP contribution in [0.4, 0.5) is 0 Å². The summed E-state index contributed by atoms with van der Waals surface area (Å²) in [7, 11) is 1.55. The van der Waals surface area contributed by atoms with Crippen LogP contribution in [-0.2, 0) is 17.3 Å². The SMILES string of the molecule is Cn1nc(C(C)(C)C)cc(/C=C/C(=O)O)c1=O. The summed E-state index contributed by atoms with van der Waals surface area (Å²) in [4.78, 5) is 22.2. The molecular weight excluding hydrogens is 220 g/mol. The minimum Gasteiger partial charge on any atom is -0.478 e.